The van der Waals surface area contributed by atoms with E-state index in [1.807, 2.05) is 45.9 Å². The third-order valence-electron chi connectivity index (χ3n) is 4.32. The van der Waals surface area contributed by atoms with Crippen LogP contribution in [0.4, 0.5) is 0 Å². The van der Waals surface area contributed by atoms with E-state index >= 15 is 0 Å². The second kappa shape index (κ2) is 13.0. The highest BCUT2D eigenvalue weighted by Crippen LogP contribution is 2.09. The van der Waals surface area contributed by atoms with Crippen LogP contribution in [0.15, 0.2) is 18.2 Å². The first-order valence-corrected chi connectivity index (χ1v) is 10.9. The van der Waals surface area contributed by atoms with E-state index in [1.54, 1.807) is 17.9 Å². The molecule has 172 valence electrons. The Bertz CT molecular complexity index is 813. The molecular weight excluding hydrogens is 416 g/mol. The van der Waals surface area contributed by atoms with Crippen LogP contribution < -0.4 is 10.9 Å². The summed E-state index contributed by atoms with van der Waals surface area (Å²) >= 11 is 0. The Labute approximate surface area is 188 Å². The van der Waals surface area contributed by atoms with E-state index in [9.17, 15) is 14.4 Å². The van der Waals surface area contributed by atoms with Crippen LogP contribution >= 0.6 is 10.9 Å². The van der Waals surface area contributed by atoms with Crippen molar-refractivity contribution in [3.05, 3.63) is 29.6 Å². The van der Waals surface area contributed by atoms with E-state index in [2.05, 4.69) is 15.8 Å². The van der Waals surface area contributed by atoms with Crippen LogP contribution in [0.25, 0.3) is 0 Å². The summed E-state index contributed by atoms with van der Waals surface area (Å²) in [4.78, 5) is 45.2. The Kier molecular flexibility index (Phi) is 11.1. The second-order valence-electron chi connectivity index (χ2n) is 7.21. The number of pyridine rings is 1. The van der Waals surface area contributed by atoms with Gasteiger partial charge in [-0.3, -0.25) is 19.4 Å². The highest BCUT2D eigenvalue weighted by atomic mass is 32.1. The number of hydrogen-bond acceptors (Lipinski definition) is 6. The van der Waals surface area contributed by atoms with Gasteiger partial charge in [0.05, 0.1) is 30.0 Å². The zero-order valence-corrected chi connectivity index (χ0v) is 20.3. The lowest BCUT2D eigenvalue weighted by molar-refractivity contribution is -0.156. The topological polar surface area (TPSA) is 97.9 Å². The summed E-state index contributed by atoms with van der Waals surface area (Å²) in [6, 6.07) is 6.00. The molecule has 0 aromatic carbocycles. The summed E-state index contributed by atoms with van der Waals surface area (Å²) in [6.07, 6.45) is 0.373. The Morgan fingerprint density at radius 3 is 1.55 bits per heavy atom. The van der Waals surface area contributed by atoms with Gasteiger partial charge in [-0.25, -0.2) is 10.9 Å². The molecule has 2 N–H and O–H groups in total. The minimum absolute atomic E-state index is 0.0581. The molecular formula is C21H34N6O3S. The van der Waals surface area contributed by atoms with Gasteiger partial charge in [0.2, 0.25) is 17.7 Å². The van der Waals surface area contributed by atoms with Crippen molar-refractivity contribution in [2.24, 2.45) is 0 Å². The third kappa shape index (κ3) is 9.86. The van der Waals surface area contributed by atoms with Gasteiger partial charge < -0.3 is 14.7 Å². The predicted molar refractivity (Wildman–Crippen MR) is 126 cm³/mol. The van der Waals surface area contributed by atoms with Crippen LogP contribution in [0.3, 0.4) is 0 Å². The molecule has 0 radical (unpaired) electrons. The molecule has 0 atom stereocenters. The third-order valence-corrected chi connectivity index (χ3v) is 5.13. The highest BCUT2D eigenvalue weighted by molar-refractivity contribution is 7.98. The molecule has 0 bridgehead atoms. The smallest absolute Gasteiger partial charge is 0.225 e. The van der Waals surface area contributed by atoms with Crippen LogP contribution in [0, 0.1) is 13.8 Å². The van der Waals surface area contributed by atoms with E-state index in [0.717, 1.165) is 11.4 Å². The van der Waals surface area contributed by atoms with Gasteiger partial charge in [-0.15, -0.1) is 10.9 Å². The first kappa shape index (κ1) is 26.5. The zero-order chi connectivity index (χ0) is 23.6. The Morgan fingerprint density at radius 1 is 0.871 bits per heavy atom. The summed E-state index contributed by atoms with van der Waals surface area (Å²) in [5, 5.41) is 0. The Balaban J connectivity index is 0.000000264. The number of hydrogen-bond donors (Lipinski definition) is 2. The van der Waals surface area contributed by atoms with Crippen molar-refractivity contribution in [3.63, 3.8) is 0 Å². The van der Waals surface area contributed by atoms with Gasteiger partial charge in [-0.1, -0.05) is 13.0 Å². The number of aryl methyl sites for hydroxylation is 2. The summed E-state index contributed by atoms with van der Waals surface area (Å²) in [5.41, 5.74) is 8.10. The van der Waals surface area contributed by atoms with E-state index < -0.39 is 0 Å². The number of nitrogens with zero attached hydrogens (tertiary/aromatic N) is 4. The molecule has 0 spiro atoms. The highest BCUT2D eigenvalue weighted by Gasteiger charge is 2.28. The van der Waals surface area contributed by atoms with Crippen molar-refractivity contribution in [3.8, 4) is 0 Å². The van der Waals surface area contributed by atoms with Gasteiger partial charge in [0, 0.05) is 31.7 Å². The van der Waals surface area contributed by atoms with Crippen molar-refractivity contribution in [1.29, 1.82) is 0 Å². The van der Waals surface area contributed by atoms with E-state index in [-0.39, 0.29) is 37.7 Å². The molecule has 31 heavy (non-hydrogen) atoms. The van der Waals surface area contributed by atoms with Gasteiger partial charge in [-0.2, -0.15) is 0 Å². The van der Waals surface area contributed by atoms with Gasteiger partial charge in [0.25, 0.3) is 0 Å². The molecule has 9 nitrogen and oxygen atoms in total. The summed E-state index contributed by atoms with van der Waals surface area (Å²) < 4.78 is 0. The van der Waals surface area contributed by atoms with Crippen molar-refractivity contribution < 1.29 is 14.4 Å². The standard InChI is InChI=1S/C10H17N3O3.C7H9N.C4H8N2S/c1-4-10(16)13-6-11(8(2)14)5-12(7-13)9(3)15;1-6-4-3-5-7(2)8-6;1-3-5-6-4(2)7-3/h4-7H2,1-3H3;3-5H,1-2H3;5-6H,1-2H3. The normalized spacial score (nSPS) is 15.4. The number of nitrogens with one attached hydrogen (secondary N) is 2. The van der Waals surface area contributed by atoms with Crippen LogP contribution in [-0.2, 0) is 14.4 Å². The first-order valence-electron chi connectivity index (χ1n) is 10.1. The lowest BCUT2D eigenvalue weighted by Gasteiger charge is -2.41. The molecule has 1 aromatic rings. The maximum absolute atomic E-state index is 11.6. The molecule has 1 aromatic heterocycles. The molecule has 0 saturated carbocycles. The van der Waals surface area contributed by atoms with Gasteiger partial charge in [0.15, 0.2) is 0 Å². The molecule has 3 heterocycles. The maximum Gasteiger partial charge on any atom is 0.225 e. The average Bonchev–Trinajstić information content (AvgIpc) is 3.10. The van der Waals surface area contributed by atoms with E-state index in [0.29, 0.717) is 6.42 Å². The van der Waals surface area contributed by atoms with Crippen LogP contribution in [0.5, 0.6) is 0 Å². The Hall–Kier alpha value is -2.56. The molecule has 3 rings (SSSR count). The molecule has 1 fully saturated rings. The minimum atomic E-state index is -0.139. The number of amides is 3. The average molecular weight is 451 g/mol. The van der Waals surface area contributed by atoms with Crippen molar-refractivity contribution in [2.45, 2.75) is 54.9 Å². The molecule has 3 amide bonds. The first-order chi connectivity index (χ1) is 14.5. The second-order valence-corrected chi connectivity index (χ2v) is 8.64. The van der Waals surface area contributed by atoms with Gasteiger partial charge in [-0.05, 0) is 39.8 Å². The van der Waals surface area contributed by atoms with Crippen LogP contribution in [-0.4, -0.2) is 67.4 Å². The molecule has 10 heteroatoms. The number of rotatable bonds is 1. The largest absolute Gasteiger partial charge is 0.307 e. The van der Waals surface area contributed by atoms with Crippen molar-refractivity contribution in [2.75, 3.05) is 20.0 Å². The summed E-state index contributed by atoms with van der Waals surface area (Å²) in [7, 11) is 1.73. The number of aromatic nitrogens is 1. The summed E-state index contributed by atoms with van der Waals surface area (Å²) in [5.74, 6) is -0.336. The SMILES string of the molecule is CC1=S=C(C)NN1.CCC(=O)N1CN(C(C)=O)CN(C(C)=O)C1.Cc1cccc(C)n1. The Morgan fingerprint density at radius 2 is 1.29 bits per heavy atom. The quantitative estimate of drug-likeness (QED) is 0.631. The number of carbonyl (C=O) groups excluding carboxylic acids is 3. The monoisotopic (exact) mass is 450 g/mol. The van der Waals surface area contributed by atoms with Gasteiger partial charge >= 0.3 is 0 Å². The minimum Gasteiger partial charge on any atom is -0.307 e. The maximum atomic E-state index is 11.6. The number of hydrazine groups is 1. The van der Waals surface area contributed by atoms with E-state index in [4.69, 9.17) is 0 Å². The van der Waals surface area contributed by atoms with Crippen molar-refractivity contribution >= 4 is 38.6 Å². The molecule has 2 aliphatic heterocycles. The molecule has 2 aliphatic rings. The lowest BCUT2D eigenvalue weighted by Crippen LogP contribution is -2.58. The fraction of sp³-hybridized carbons (Fsp3) is 0.524. The van der Waals surface area contributed by atoms with E-state index in [1.165, 1.54) is 38.5 Å². The fourth-order valence-electron chi connectivity index (χ4n) is 2.67. The molecule has 0 aliphatic carbocycles. The number of carbonyl (C=O) groups is 3. The zero-order valence-electron chi connectivity index (χ0n) is 19.5. The molecule has 1 saturated heterocycles. The van der Waals surface area contributed by atoms with Crippen molar-refractivity contribution in [1.82, 2.24) is 30.5 Å². The molecule has 0 unspecified atom stereocenters. The van der Waals surface area contributed by atoms with Gasteiger partial charge in [0.1, 0.15) is 0 Å². The lowest BCUT2D eigenvalue weighted by atomic mass is 10.3. The summed E-state index contributed by atoms with van der Waals surface area (Å²) in [6.45, 7) is 13.5. The predicted octanol–water partition coefficient (Wildman–Crippen LogP) is 1.63. The van der Waals surface area contributed by atoms with Crippen LogP contribution in [0.2, 0.25) is 0 Å². The van der Waals surface area contributed by atoms with Crippen LogP contribution in [0.1, 0.15) is 52.4 Å². The fourth-order valence-corrected chi connectivity index (χ4v) is 3.33.